The van der Waals surface area contributed by atoms with Gasteiger partial charge in [-0.05, 0) is 49.8 Å². The number of likely N-dealkylation sites (tertiary alicyclic amines) is 1. The van der Waals surface area contributed by atoms with Crippen LogP contribution in [-0.2, 0) is 10.0 Å². The zero-order chi connectivity index (χ0) is 17.9. The minimum absolute atomic E-state index is 0.452. The molecule has 6 heteroatoms. The Morgan fingerprint density at radius 3 is 2.52 bits per heavy atom. The molecule has 2 heterocycles. The van der Waals surface area contributed by atoms with Crippen LogP contribution in [0.2, 0.25) is 0 Å². The smallest absolute Gasteiger partial charge is 0.211 e. The predicted octanol–water partition coefficient (Wildman–Crippen LogP) is 1.80. The molecule has 5 nitrogen and oxygen atoms in total. The van der Waals surface area contributed by atoms with E-state index in [4.69, 9.17) is 0 Å². The second kappa shape index (κ2) is 8.16. The lowest BCUT2D eigenvalue weighted by Crippen LogP contribution is -2.46. The van der Waals surface area contributed by atoms with E-state index in [1.807, 2.05) is 0 Å². The van der Waals surface area contributed by atoms with Gasteiger partial charge < -0.3 is 10.2 Å². The van der Waals surface area contributed by atoms with Crippen LogP contribution in [0.15, 0.2) is 24.3 Å². The predicted molar refractivity (Wildman–Crippen MR) is 102 cm³/mol. The molecule has 0 spiro atoms. The molecule has 25 heavy (non-hydrogen) atoms. The van der Waals surface area contributed by atoms with E-state index in [-0.39, 0.29) is 0 Å². The summed E-state index contributed by atoms with van der Waals surface area (Å²) < 4.78 is 24.7. The van der Waals surface area contributed by atoms with Crippen molar-refractivity contribution in [1.82, 2.24) is 14.5 Å². The Kier molecular flexibility index (Phi) is 6.15. The average molecular weight is 366 g/mol. The Balaban J connectivity index is 1.37. The molecule has 1 aromatic rings. The van der Waals surface area contributed by atoms with Gasteiger partial charge in [0.15, 0.2) is 0 Å². The topological polar surface area (TPSA) is 52.6 Å². The van der Waals surface area contributed by atoms with Crippen LogP contribution in [0, 0.1) is 6.92 Å². The standard InChI is InChI=1S/C19H31N3O2S/c1-16-5-3-4-6-19(16)17-7-11-21(15-17)14-10-20-18-8-12-22(13-9-18)25(2,23)24/h3-6,17-18,20H,7-15H2,1-2H3/t17-/m0/s1. The van der Waals surface area contributed by atoms with Crippen molar-refractivity contribution in [2.24, 2.45) is 0 Å². The Morgan fingerprint density at radius 1 is 1.12 bits per heavy atom. The van der Waals surface area contributed by atoms with Crippen molar-refractivity contribution >= 4 is 10.0 Å². The second-order valence-corrected chi connectivity index (χ2v) is 9.52. The first-order chi connectivity index (χ1) is 11.9. The molecule has 0 aromatic heterocycles. The van der Waals surface area contributed by atoms with E-state index in [2.05, 4.69) is 41.4 Å². The molecular weight excluding hydrogens is 334 g/mol. The maximum atomic E-state index is 11.6. The highest BCUT2D eigenvalue weighted by Gasteiger charge is 2.26. The third-order valence-corrected chi connectivity index (χ3v) is 6.99. The van der Waals surface area contributed by atoms with Gasteiger partial charge in [0, 0.05) is 38.8 Å². The van der Waals surface area contributed by atoms with Crippen LogP contribution in [-0.4, -0.2) is 69.2 Å². The first-order valence-corrected chi connectivity index (χ1v) is 11.2. The third kappa shape index (κ3) is 5.03. The molecule has 2 aliphatic rings. The number of hydrogen-bond acceptors (Lipinski definition) is 4. The summed E-state index contributed by atoms with van der Waals surface area (Å²) in [6.45, 7) is 7.90. The zero-order valence-electron chi connectivity index (χ0n) is 15.4. The highest BCUT2D eigenvalue weighted by Crippen LogP contribution is 2.28. The molecule has 0 bridgehead atoms. The summed E-state index contributed by atoms with van der Waals surface area (Å²) in [6.07, 6.45) is 4.38. The van der Waals surface area contributed by atoms with E-state index in [1.165, 1.54) is 30.3 Å². The minimum Gasteiger partial charge on any atom is -0.313 e. The highest BCUT2D eigenvalue weighted by molar-refractivity contribution is 7.88. The molecule has 0 radical (unpaired) electrons. The highest BCUT2D eigenvalue weighted by atomic mass is 32.2. The van der Waals surface area contributed by atoms with E-state index in [0.29, 0.717) is 25.0 Å². The van der Waals surface area contributed by atoms with Gasteiger partial charge >= 0.3 is 0 Å². The fourth-order valence-electron chi connectivity index (χ4n) is 4.15. The van der Waals surface area contributed by atoms with Gasteiger partial charge in [0.1, 0.15) is 0 Å². The van der Waals surface area contributed by atoms with Crippen LogP contribution < -0.4 is 5.32 Å². The van der Waals surface area contributed by atoms with Crippen LogP contribution in [0.25, 0.3) is 0 Å². The van der Waals surface area contributed by atoms with Gasteiger partial charge in [-0.2, -0.15) is 0 Å². The van der Waals surface area contributed by atoms with Crippen molar-refractivity contribution in [3.8, 4) is 0 Å². The number of hydrogen-bond donors (Lipinski definition) is 1. The molecule has 1 aromatic carbocycles. The van der Waals surface area contributed by atoms with Crippen LogP contribution in [0.4, 0.5) is 0 Å². The van der Waals surface area contributed by atoms with Gasteiger partial charge in [-0.3, -0.25) is 0 Å². The van der Waals surface area contributed by atoms with E-state index >= 15 is 0 Å². The monoisotopic (exact) mass is 365 g/mol. The molecule has 1 N–H and O–H groups in total. The normalized spacial score (nSPS) is 24.0. The Morgan fingerprint density at radius 2 is 1.84 bits per heavy atom. The molecule has 0 amide bonds. The fraction of sp³-hybridized carbons (Fsp3) is 0.684. The maximum absolute atomic E-state index is 11.6. The van der Waals surface area contributed by atoms with Crippen molar-refractivity contribution < 1.29 is 8.42 Å². The fourth-order valence-corrected chi connectivity index (χ4v) is 5.03. The first kappa shape index (κ1) is 18.8. The number of nitrogens with zero attached hydrogens (tertiary/aromatic N) is 2. The molecule has 0 saturated carbocycles. The Bertz CT molecular complexity index is 669. The van der Waals surface area contributed by atoms with Crippen molar-refractivity contribution in [2.75, 3.05) is 45.5 Å². The number of sulfonamides is 1. The molecule has 2 saturated heterocycles. The molecule has 2 aliphatic heterocycles. The Hall–Kier alpha value is -0.950. The van der Waals surface area contributed by atoms with E-state index in [1.54, 1.807) is 4.31 Å². The van der Waals surface area contributed by atoms with Gasteiger partial charge in [0.25, 0.3) is 0 Å². The molecule has 1 atom stereocenters. The molecule has 2 fully saturated rings. The molecule has 0 aliphatic carbocycles. The zero-order valence-corrected chi connectivity index (χ0v) is 16.3. The van der Waals surface area contributed by atoms with Crippen molar-refractivity contribution in [1.29, 1.82) is 0 Å². The van der Waals surface area contributed by atoms with E-state index in [0.717, 1.165) is 32.5 Å². The Labute approximate surface area is 152 Å². The summed E-state index contributed by atoms with van der Waals surface area (Å²) in [6, 6.07) is 9.20. The molecular formula is C19H31N3O2S. The van der Waals surface area contributed by atoms with Gasteiger partial charge in [0.05, 0.1) is 6.26 Å². The molecule has 3 rings (SSSR count). The second-order valence-electron chi connectivity index (χ2n) is 7.53. The third-order valence-electron chi connectivity index (χ3n) is 5.68. The quantitative estimate of drug-likeness (QED) is 0.835. The average Bonchev–Trinajstić information content (AvgIpc) is 3.03. The largest absolute Gasteiger partial charge is 0.313 e. The van der Waals surface area contributed by atoms with Gasteiger partial charge in [-0.1, -0.05) is 24.3 Å². The number of aryl methyl sites for hydroxylation is 1. The van der Waals surface area contributed by atoms with Crippen LogP contribution >= 0.6 is 0 Å². The lowest BCUT2D eigenvalue weighted by molar-refractivity contribution is 0.273. The van der Waals surface area contributed by atoms with Crippen molar-refractivity contribution in [3.05, 3.63) is 35.4 Å². The van der Waals surface area contributed by atoms with Crippen molar-refractivity contribution in [3.63, 3.8) is 0 Å². The molecule has 0 unspecified atom stereocenters. The van der Waals surface area contributed by atoms with E-state index < -0.39 is 10.0 Å². The van der Waals surface area contributed by atoms with Gasteiger partial charge in [-0.25, -0.2) is 12.7 Å². The maximum Gasteiger partial charge on any atom is 0.211 e. The summed E-state index contributed by atoms with van der Waals surface area (Å²) in [5.41, 5.74) is 2.91. The van der Waals surface area contributed by atoms with Crippen molar-refractivity contribution in [2.45, 2.75) is 38.1 Å². The lowest BCUT2D eigenvalue weighted by atomic mass is 9.94. The SMILES string of the molecule is Cc1ccccc1[C@H]1CCN(CCNC2CCN(S(C)(=O)=O)CC2)C1. The summed E-state index contributed by atoms with van der Waals surface area (Å²) in [5, 5.41) is 3.62. The van der Waals surface area contributed by atoms with Gasteiger partial charge in [0.2, 0.25) is 10.0 Å². The first-order valence-electron chi connectivity index (χ1n) is 9.40. The summed E-state index contributed by atoms with van der Waals surface area (Å²) in [7, 11) is -3.02. The lowest BCUT2D eigenvalue weighted by Gasteiger charge is -2.31. The van der Waals surface area contributed by atoms with Crippen LogP contribution in [0.5, 0.6) is 0 Å². The number of benzene rings is 1. The number of nitrogens with one attached hydrogen (secondary N) is 1. The van der Waals surface area contributed by atoms with Crippen LogP contribution in [0.3, 0.4) is 0 Å². The summed E-state index contributed by atoms with van der Waals surface area (Å²) in [4.78, 5) is 2.55. The number of piperidine rings is 1. The van der Waals surface area contributed by atoms with E-state index in [9.17, 15) is 8.42 Å². The minimum atomic E-state index is -3.02. The molecule has 140 valence electrons. The summed E-state index contributed by atoms with van der Waals surface area (Å²) in [5.74, 6) is 0.666. The van der Waals surface area contributed by atoms with Gasteiger partial charge in [-0.15, -0.1) is 0 Å². The van der Waals surface area contributed by atoms with Crippen LogP contribution in [0.1, 0.15) is 36.3 Å². The summed E-state index contributed by atoms with van der Waals surface area (Å²) >= 11 is 0. The number of rotatable bonds is 6.